The summed E-state index contributed by atoms with van der Waals surface area (Å²) in [4.78, 5) is 18.7. The number of likely N-dealkylation sites (N-methyl/N-ethyl adjacent to an activating group) is 1. The average Bonchev–Trinajstić information content (AvgIpc) is 3.00. The van der Waals surface area contributed by atoms with Crippen LogP contribution in [0, 0.1) is 5.82 Å². The zero-order chi connectivity index (χ0) is 18.0. The number of benzene rings is 2. The van der Waals surface area contributed by atoms with Gasteiger partial charge in [0.25, 0.3) is 0 Å². The van der Waals surface area contributed by atoms with E-state index in [0.29, 0.717) is 0 Å². The van der Waals surface area contributed by atoms with Crippen LogP contribution in [-0.4, -0.2) is 29.4 Å². The summed E-state index contributed by atoms with van der Waals surface area (Å²) in [5.74, 6) is -0.848. The zero-order valence-electron chi connectivity index (χ0n) is 13.8. The highest BCUT2D eigenvalue weighted by atomic mass is 35.5. The number of aromatic nitrogens is 1. The van der Waals surface area contributed by atoms with Crippen molar-refractivity contribution in [2.24, 2.45) is 0 Å². The van der Waals surface area contributed by atoms with Gasteiger partial charge in [0.1, 0.15) is 10.8 Å². The van der Waals surface area contributed by atoms with E-state index in [1.807, 2.05) is 43.1 Å². The third-order valence-electron chi connectivity index (χ3n) is 3.93. The molecule has 0 aliphatic carbocycles. The second kappa shape index (κ2) is 7.47. The largest absolute Gasteiger partial charge is 0.322 e. The molecule has 0 bridgehead atoms. The lowest BCUT2D eigenvalue weighted by molar-refractivity contribution is -0.117. The van der Waals surface area contributed by atoms with Crippen LogP contribution in [0.3, 0.4) is 0 Å². The van der Waals surface area contributed by atoms with Gasteiger partial charge >= 0.3 is 0 Å². The number of amides is 1. The van der Waals surface area contributed by atoms with E-state index in [1.165, 1.54) is 18.2 Å². The Hall–Kier alpha value is -2.02. The second-order valence-electron chi connectivity index (χ2n) is 5.78. The monoisotopic (exact) mass is 377 g/mol. The molecule has 1 amide bonds. The molecule has 0 spiro atoms. The molecule has 0 saturated heterocycles. The molecule has 25 heavy (non-hydrogen) atoms. The highest BCUT2D eigenvalue weighted by molar-refractivity contribution is 7.18. The number of carbonyl (C=O) groups is 1. The van der Waals surface area contributed by atoms with Crippen molar-refractivity contribution >= 4 is 44.7 Å². The number of hydrogen-bond donors (Lipinski definition) is 1. The number of nitrogens with one attached hydrogen (secondary N) is 1. The fourth-order valence-electron chi connectivity index (χ4n) is 2.40. The fourth-order valence-corrected chi connectivity index (χ4v) is 3.64. The van der Waals surface area contributed by atoms with Crippen molar-refractivity contribution in [1.82, 2.24) is 9.88 Å². The number of para-hydroxylation sites is 1. The molecular formula is C18H17ClFN3OS. The molecule has 1 atom stereocenters. The molecular weight excluding hydrogens is 361 g/mol. The fraction of sp³-hybridized carbons (Fsp3) is 0.222. The molecule has 1 N–H and O–H groups in total. The molecule has 0 radical (unpaired) electrons. The zero-order valence-corrected chi connectivity index (χ0v) is 15.4. The molecule has 0 unspecified atom stereocenters. The van der Waals surface area contributed by atoms with E-state index in [4.69, 9.17) is 11.6 Å². The van der Waals surface area contributed by atoms with Crippen molar-refractivity contribution in [3.63, 3.8) is 0 Å². The first-order valence-corrected chi connectivity index (χ1v) is 8.94. The molecule has 3 aromatic rings. The summed E-state index contributed by atoms with van der Waals surface area (Å²) in [6.07, 6.45) is 0. The Morgan fingerprint density at radius 3 is 2.84 bits per heavy atom. The van der Waals surface area contributed by atoms with Gasteiger partial charge in [-0.25, -0.2) is 9.37 Å². The van der Waals surface area contributed by atoms with Crippen molar-refractivity contribution in [3.05, 3.63) is 58.3 Å². The minimum absolute atomic E-state index is 0.0294. The Balaban J connectivity index is 1.66. The lowest BCUT2D eigenvalue weighted by Gasteiger charge is -2.22. The second-order valence-corrected chi connectivity index (χ2v) is 7.28. The Morgan fingerprint density at radius 2 is 2.12 bits per heavy atom. The smallest absolute Gasteiger partial charge is 0.238 e. The van der Waals surface area contributed by atoms with Crippen LogP contribution in [0.2, 0.25) is 5.02 Å². The molecule has 1 heterocycles. The van der Waals surface area contributed by atoms with Crippen LogP contribution >= 0.6 is 22.9 Å². The molecule has 0 fully saturated rings. The van der Waals surface area contributed by atoms with Gasteiger partial charge in [-0.15, -0.1) is 11.3 Å². The molecule has 0 aliphatic rings. The summed E-state index contributed by atoms with van der Waals surface area (Å²) < 4.78 is 14.9. The molecule has 0 saturated carbocycles. The normalized spacial score (nSPS) is 12.5. The standard InChI is InChI=1S/C18H17ClFN3OS/c1-11(18-22-15-5-3-4-6-16(15)25-18)23(2)10-17(24)21-14-8-7-12(19)9-13(14)20/h3-9,11H,10H2,1-2H3,(H,21,24)/t11-/m0/s1. The van der Waals surface area contributed by atoms with E-state index in [-0.39, 0.29) is 29.2 Å². The Morgan fingerprint density at radius 1 is 1.36 bits per heavy atom. The quantitative estimate of drug-likeness (QED) is 0.699. The maximum absolute atomic E-state index is 13.8. The number of fused-ring (bicyclic) bond motifs is 1. The molecule has 1 aromatic heterocycles. The van der Waals surface area contributed by atoms with Crippen molar-refractivity contribution in [2.45, 2.75) is 13.0 Å². The molecule has 0 aliphatic heterocycles. The number of carbonyl (C=O) groups excluding carboxylic acids is 1. The molecule has 130 valence electrons. The van der Waals surface area contributed by atoms with Crippen LogP contribution in [0.25, 0.3) is 10.2 Å². The number of anilines is 1. The van der Waals surface area contributed by atoms with Crippen LogP contribution in [0.5, 0.6) is 0 Å². The van der Waals surface area contributed by atoms with Gasteiger partial charge in [0.15, 0.2) is 0 Å². The minimum Gasteiger partial charge on any atom is -0.322 e. The molecule has 3 rings (SSSR count). The van der Waals surface area contributed by atoms with Crippen molar-refractivity contribution in [1.29, 1.82) is 0 Å². The van der Waals surface area contributed by atoms with Crippen molar-refractivity contribution < 1.29 is 9.18 Å². The SMILES string of the molecule is C[C@@H](c1nc2ccccc2s1)N(C)CC(=O)Nc1ccc(Cl)cc1F. The molecule has 2 aromatic carbocycles. The van der Waals surface area contributed by atoms with E-state index >= 15 is 0 Å². The summed E-state index contributed by atoms with van der Waals surface area (Å²) in [6.45, 7) is 2.12. The van der Waals surface area contributed by atoms with Crippen LogP contribution in [0.1, 0.15) is 18.0 Å². The number of thiazole rings is 1. The van der Waals surface area contributed by atoms with Crippen LogP contribution in [0.15, 0.2) is 42.5 Å². The van der Waals surface area contributed by atoms with E-state index in [2.05, 4.69) is 10.3 Å². The third-order valence-corrected chi connectivity index (χ3v) is 5.37. The number of rotatable bonds is 5. The van der Waals surface area contributed by atoms with E-state index in [1.54, 1.807) is 11.3 Å². The average molecular weight is 378 g/mol. The summed E-state index contributed by atoms with van der Waals surface area (Å²) in [7, 11) is 1.84. The minimum atomic E-state index is -0.553. The predicted molar refractivity (Wildman–Crippen MR) is 101 cm³/mol. The number of nitrogens with zero attached hydrogens (tertiary/aromatic N) is 2. The van der Waals surface area contributed by atoms with Gasteiger partial charge in [-0.3, -0.25) is 9.69 Å². The predicted octanol–water partition coefficient (Wildman–Crippen LogP) is 4.72. The Labute approximate surface area is 154 Å². The van der Waals surface area contributed by atoms with Gasteiger partial charge in [0.05, 0.1) is 28.5 Å². The number of hydrogen-bond acceptors (Lipinski definition) is 4. The van der Waals surface area contributed by atoms with Crippen molar-refractivity contribution in [3.8, 4) is 0 Å². The van der Waals surface area contributed by atoms with Gasteiger partial charge in [-0.2, -0.15) is 0 Å². The molecule has 7 heteroatoms. The van der Waals surface area contributed by atoms with Gasteiger partial charge in [-0.1, -0.05) is 23.7 Å². The van der Waals surface area contributed by atoms with Crippen LogP contribution < -0.4 is 5.32 Å². The maximum atomic E-state index is 13.8. The Kier molecular flexibility index (Phi) is 5.32. The van der Waals surface area contributed by atoms with Gasteiger partial charge in [-0.05, 0) is 44.3 Å². The maximum Gasteiger partial charge on any atom is 0.238 e. The highest BCUT2D eigenvalue weighted by Gasteiger charge is 2.19. The van der Waals surface area contributed by atoms with E-state index in [9.17, 15) is 9.18 Å². The lowest BCUT2D eigenvalue weighted by Crippen LogP contribution is -2.32. The summed E-state index contributed by atoms with van der Waals surface area (Å²) in [5, 5.41) is 3.80. The highest BCUT2D eigenvalue weighted by Crippen LogP contribution is 2.28. The third kappa shape index (κ3) is 4.15. The van der Waals surface area contributed by atoms with Gasteiger partial charge in [0, 0.05) is 5.02 Å². The Bertz CT molecular complexity index is 881. The number of halogens is 2. The van der Waals surface area contributed by atoms with Crippen molar-refractivity contribution in [2.75, 3.05) is 18.9 Å². The first-order chi connectivity index (χ1) is 11.9. The summed E-state index contributed by atoms with van der Waals surface area (Å²) in [5.41, 5.74) is 1.07. The van der Waals surface area contributed by atoms with E-state index < -0.39 is 5.82 Å². The summed E-state index contributed by atoms with van der Waals surface area (Å²) in [6, 6.07) is 12.1. The molecule has 4 nitrogen and oxygen atoms in total. The summed E-state index contributed by atoms with van der Waals surface area (Å²) >= 11 is 7.32. The lowest BCUT2D eigenvalue weighted by atomic mass is 10.3. The van der Waals surface area contributed by atoms with Crippen LogP contribution in [0.4, 0.5) is 10.1 Å². The van der Waals surface area contributed by atoms with Gasteiger partial charge < -0.3 is 5.32 Å². The topological polar surface area (TPSA) is 45.2 Å². The first kappa shape index (κ1) is 17.8. The van der Waals surface area contributed by atoms with E-state index in [0.717, 1.165) is 15.2 Å². The van der Waals surface area contributed by atoms with Gasteiger partial charge in [0.2, 0.25) is 5.91 Å². The van der Waals surface area contributed by atoms with Crippen LogP contribution in [-0.2, 0) is 4.79 Å². The first-order valence-electron chi connectivity index (χ1n) is 7.74.